The Morgan fingerprint density at radius 2 is 0.356 bits per heavy atom. The van der Waals surface area contributed by atoms with E-state index in [0.29, 0.717) is 39.3 Å². The van der Waals surface area contributed by atoms with E-state index in [4.69, 9.17) is 0 Å². The van der Waals surface area contributed by atoms with Crippen LogP contribution in [0.2, 0.25) is 0 Å². The molecule has 0 aromatic heterocycles. The summed E-state index contributed by atoms with van der Waals surface area (Å²) in [7, 11) is 22.6. The van der Waals surface area contributed by atoms with E-state index in [0.717, 1.165) is 0 Å². The van der Waals surface area contributed by atoms with Crippen LogP contribution >= 0.6 is 0 Å². The third-order valence-corrected chi connectivity index (χ3v) is 3.23. The molecule has 0 aliphatic carbocycles. The van der Waals surface area contributed by atoms with Crippen molar-refractivity contribution < 1.29 is 164 Å². The zero-order valence-corrected chi connectivity index (χ0v) is 36.6. The first kappa shape index (κ1) is 97.4. The molecule has 0 fully saturated rings. The minimum absolute atomic E-state index is 0. The van der Waals surface area contributed by atoms with Gasteiger partial charge in [0.25, 0.3) is 0 Å². The van der Waals surface area contributed by atoms with Crippen LogP contribution in [0.1, 0.15) is 0 Å². The van der Waals surface area contributed by atoms with E-state index in [2.05, 4.69) is 0 Å². The van der Waals surface area contributed by atoms with E-state index in [1.165, 1.54) is 0 Å². The van der Waals surface area contributed by atoms with Gasteiger partial charge in [0.2, 0.25) is 0 Å². The van der Waals surface area contributed by atoms with Gasteiger partial charge in [-0.1, -0.05) is 0 Å². The summed E-state index contributed by atoms with van der Waals surface area (Å²) in [5, 5.41) is 58.2. The van der Waals surface area contributed by atoms with Crippen LogP contribution in [0.4, 0.5) is 0 Å². The van der Waals surface area contributed by atoms with E-state index in [1.807, 2.05) is 114 Å². The smallest absolute Gasteiger partial charge is 1.00 e. The van der Waals surface area contributed by atoms with Crippen molar-refractivity contribution in [2.24, 2.45) is 0 Å². The number of rotatable bonds is 12. The molecular weight excluding hydrogens is 914 g/mol. The van der Waals surface area contributed by atoms with Gasteiger partial charge in [0.05, 0.1) is 0 Å². The van der Waals surface area contributed by atoms with E-state index in [1.54, 1.807) is 0 Å². The Labute approximate surface area is 354 Å². The number of hydrogen-bond donors (Lipinski definition) is 0. The predicted molar refractivity (Wildman–Crippen MR) is 141 cm³/mol. The number of nitrogens with zero attached hydrogens (tertiary/aromatic N) is 6. The maximum Gasteiger partial charge on any atom is 2.00 e. The van der Waals surface area contributed by atoms with Crippen LogP contribution in [0.25, 0.3) is 0 Å². The molecule has 0 saturated heterocycles. The molecule has 0 aliphatic rings. The second kappa shape index (κ2) is 91.4. The Morgan fingerprint density at radius 3 is 0.356 bits per heavy atom. The Bertz CT molecular complexity index is 299. The summed E-state index contributed by atoms with van der Waals surface area (Å²) in [4.78, 5) is 11.2. The first-order chi connectivity index (χ1) is 16.6. The molecule has 301 valence electrons. The van der Waals surface area contributed by atoms with Crippen molar-refractivity contribution in [3.05, 3.63) is 0 Å². The van der Waals surface area contributed by atoms with Gasteiger partial charge in [-0.2, -0.15) is 0 Å². The van der Waals surface area contributed by atoms with Gasteiger partial charge in [0.1, 0.15) is 0 Å². The van der Waals surface area contributed by atoms with E-state index in [-0.39, 0.29) is 173 Å². The van der Waals surface area contributed by atoms with Gasteiger partial charge in [-0.15, -0.1) is 39.6 Å². The average molecular weight is 974 g/mol. The monoisotopic (exact) mass is 969 g/mol. The molecule has 0 spiro atoms. The SMILES string of the molecule is CN(C)CC[O-].CN(C)CC[O-].CN(C)CC[O-].CN(C)CC[O-].CN(C)CC[O-].CN(C)CC[O-].[Cl-].[Cl-].[Cl-].[Cl-].[Co+2].[Cu+2].[Cu+2].[Ni+2].[Ni+2]. The molecule has 0 N–H and O–H groups in total. The first-order valence-electron chi connectivity index (χ1n) is 12.0. The first-order valence-corrected chi connectivity index (χ1v) is 12.0. The standard InChI is InChI=1S/6C4H10NO.4ClH.Co.2Cu.2Ni/c6*1-5(2)3-4-6;;;;;;;;;/h6*3-4H2,1-2H3;4*1H;;;;;/q6*-1;;;;;5*+2/p-4. The largest absolute Gasteiger partial charge is 2.00 e. The molecule has 0 unspecified atom stereocenters. The van der Waals surface area contributed by atoms with Crippen LogP contribution in [0.15, 0.2) is 0 Å². The van der Waals surface area contributed by atoms with E-state index >= 15 is 0 Å². The molecule has 3 radical (unpaired) electrons. The predicted octanol–water partition coefficient (Wildman–Crippen LogP) is -18.5. The maximum absolute atomic E-state index is 9.70. The molecule has 0 amide bonds. The third kappa shape index (κ3) is 214. The number of halogens is 4. The Hall–Kier alpha value is 3.21. The molecule has 0 heterocycles. The minimum Gasteiger partial charge on any atom is -1.00 e. The van der Waals surface area contributed by atoms with Gasteiger partial charge < -0.3 is 110 Å². The number of hydrogen-bond acceptors (Lipinski definition) is 12. The zero-order chi connectivity index (χ0) is 29.9. The summed E-state index contributed by atoms with van der Waals surface area (Å²) in [5.74, 6) is 0. The van der Waals surface area contributed by atoms with Crippen molar-refractivity contribution in [1.82, 2.24) is 29.4 Å². The second-order valence-electron chi connectivity index (χ2n) is 9.04. The van der Waals surface area contributed by atoms with E-state index < -0.39 is 0 Å². The normalized spacial score (nSPS) is 8.00. The molecule has 0 bridgehead atoms. The van der Waals surface area contributed by atoms with Gasteiger partial charge in [-0.3, -0.25) is 0 Å². The van der Waals surface area contributed by atoms with Crippen molar-refractivity contribution in [2.45, 2.75) is 0 Å². The van der Waals surface area contributed by atoms with Crippen LogP contribution in [-0.2, 0) is 83.9 Å². The van der Waals surface area contributed by atoms with Crippen molar-refractivity contribution in [1.29, 1.82) is 0 Å². The summed E-state index contributed by atoms with van der Waals surface area (Å²) in [5.41, 5.74) is 0. The summed E-state index contributed by atoms with van der Waals surface area (Å²) in [6.07, 6.45) is 0. The summed E-state index contributed by atoms with van der Waals surface area (Å²) in [6, 6.07) is 0. The van der Waals surface area contributed by atoms with Crippen molar-refractivity contribution in [2.75, 3.05) is 163 Å². The van der Waals surface area contributed by atoms with Crippen molar-refractivity contribution in [3.63, 3.8) is 0 Å². The molecule has 0 aromatic carbocycles. The molecule has 45 heavy (non-hydrogen) atoms. The second-order valence-corrected chi connectivity index (χ2v) is 9.04. The minimum atomic E-state index is 0. The Morgan fingerprint density at radius 1 is 0.289 bits per heavy atom. The van der Waals surface area contributed by atoms with Crippen LogP contribution in [0, 0.1) is 0 Å². The summed E-state index contributed by atoms with van der Waals surface area (Å²) in [6.45, 7) is 3.96. The van der Waals surface area contributed by atoms with Gasteiger partial charge in [0, 0.05) is 0 Å². The summed E-state index contributed by atoms with van der Waals surface area (Å²) < 4.78 is 0. The van der Waals surface area contributed by atoms with Crippen LogP contribution in [0.5, 0.6) is 0 Å². The molecule has 0 aliphatic heterocycles. The fraction of sp³-hybridized carbons (Fsp3) is 1.00. The fourth-order valence-corrected chi connectivity index (χ4v) is 1.10. The quantitative estimate of drug-likeness (QED) is 0.171. The zero-order valence-electron chi connectivity index (χ0n) is 28.7. The average Bonchev–Trinajstić information content (AvgIpc) is 2.69. The topological polar surface area (TPSA) is 158 Å². The maximum atomic E-state index is 9.70. The Kier molecular flexibility index (Phi) is 198. The molecule has 0 saturated carbocycles. The van der Waals surface area contributed by atoms with Gasteiger partial charge >= 0.3 is 83.9 Å². The summed E-state index contributed by atoms with van der Waals surface area (Å²) >= 11 is 0. The van der Waals surface area contributed by atoms with Crippen molar-refractivity contribution >= 4 is 0 Å². The molecular formula is C24H60Cl4CoCu2N6Ni2O6. The van der Waals surface area contributed by atoms with Crippen LogP contribution in [-0.4, -0.2) is 193 Å². The van der Waals surface area contributed by atoms with Gasteiger partial charge in [-0.25, -0.2) is 0 Å². The molecule has 12 nitrogen and oxygen atoms in total. The van der Waals surface area contributed by atoms with Crippen LogP contribution in [0.3, 0.4) is 0 Å². The van der Waals surface area contributed by atoms with Crippen molar-refractivity contribution in [3.8, 4) is 0 Å². The Balaban J connectivity index is -0.0000000178. The van der Waals surface area contributed by atoms with Crippen LogP contribution < -0.4 is 80.3 Å². The van der Waals surface area contributed by atoms with Gasteiger partial charge in [0.15, 0.2) is 0 Å². The molecule has 0 atom stereocenters. The molecule has 0 rings (SSSR count). The van der Waals surface area contributed by atoms with Gasteiger partial charge in [-0.05, 0) is 124 Å². The third-order valence-electron chi connectivity index (χ3n) is 3.23. The molecule has 21 heteroatoms. The molecule has 0 aromatic rings. The fourth-order valence-electron chi connectivity index (χ4n) is 1.10. The number of likely N-dealkylation sites (N-methyl/N-ethyl adjacent to an activating group) is 6. The van der Waals surface area contributed by atoms with E-state index in [9.17, 15) is 30.6 Å².